The van der Waals surface area contributed by atoms with Crippen LogP contribution in [0.4, 0.5) is 5.69 Å². The fraction of sp³-hybridized carbons (Fsp3) is 0.278. The van der Waals surface area contributed by atoms with Crippen molar-refractivity contribution in [2.24, 2.45) is 0 Å². The lowest BCUT2D eigenvalue weighted by molar-refractivity contribution is -0.387. The SMILES string of the molecule is CCC(NC(=O)c1ccc(S(C)(=O)=O)c([N+](=O)[O-])c1)c1ccc(C)cc1. The molecule has 7 nitrogen and oxygen atoms in total. The molecule has 0 spiro atoms. The van der Waals surface area contributed by atoms with Crippen LogP contribution in [0.1, 0.15) is 40.9 Å². The number of rotatable bonds is 6. The van der Waals surface area contributed by atoms with Crippen LogP contribution in [0.3, 0.4) is 0 Å². The average molecular weight is 376 g/mol. The van der Waals surface area contributed by atoms with E-state index in [1.165, 1.54) is 6.07 Å². The lowest BCUT2D eigenvalue weighted by atomic mass is 10.0. The molecular formula is C18H20N2O5S. The summed E-state index contributed by atoms with van der Waals surface area (Å²) in [4.78, 5) is 22.5. The Kier molecular flexibility index (Phi) is 5.76. The molecule has 0 aliphatic heterocycles. The Hall–Kier alpha value is -2.74. The molecule has 0 fully saturated rings. The molecule has 0 saturated heterocycles. The number of nitrogens with zero attached hydrogens (tertiary/aromatic N) is 1. The zero-order chi connectivity index (χ0) is 19.5. The molecule has 0 aliphatic rings. The van der Waals surface area contributed by atoms with Gasteiger partial charge in [0.1, 0.15) is 4.90 Å². The Bertz CT molecular complexity index is 937. The molecule has 2 aromatic rings. The molecule has 2 aromatic carbocycles. The normalized spacial score (nSPS) is 12.4. The van der Waals surface area contributed by atoms with Crippen LogP contribution in [0.15, 0.2) is 47.4 Å². The van der Waals surface area contributed by atoms with Crippen LogP contribution < -0.4 is 5.32 Å². The monoisotopic (exact) mass is 376 g/mol. The van der Waals surface area contributed by atoms with Gasteiger partial charge in [-0.15, -0.1) is 0 Å². The number of nitro groups is 1. The number of carbonyl (C=O) groups is 1. The average Bonchev–Trinajstić information content (AvgIpc) is 2.59. The minimum atomic E-state index is -3.77. The van der Waals surface area contributed by atoms with Crippen molar-refractivity contribution in [1.29, 1.82) is 0 Å². The van der Waals surface area contributed by atoms with Crippen LogP contribution >= 0.6 is 0 Å². The molecule has 0 saturated carbocycles. The van der Waals surface area contributed by atoms with Crippen molar-refractivity contribution in [3.63, 3.8) is 0 Å². The third-order valence-corrected chi connectivity index (χ3v) is 5.15. The highest BCUT2D eigenvalue weighted by Crippen LogP contribution is 2.25. The zero-order valence-electron chi connectivity index (χ0n) is 14.7. The standard InChI is InChI=1S/C18H20N2O5S/c1-4-15(13-7-5-12(2)6-8-13)19-18(21)14-9-10-17(26(3,24)25)16(11-14)20(22)23/h5-11,15H,4H2,1-3H3,(H,19,21). The summed E-state index contributed by atoms with van der Waals surface area (Å²) in [5, 5.41) is 14.0. The van der Waals surface area contributed by atoms with E-state index >= 15 is 0 Å². The number of hydrogen-bond donors (Lipinski definition) is 1. The minimum absolute atomic E-state index is 0.0367. The van der Waals surface area contributed by atoms with Crippen molar-refractivity contribution < 1.29 is 18.1 Å². The number of sulfone groups is 1. The van der Waals surface area contributed by atoms with Crippen LogP contribution in [-0.4, -0.2) is 25.5 Å². The number of carbonyl (C=O) groups excluding carboxylic acids is 1. The fourth-order valence-electron chi connectivity index (χ4n) is 2.58. The van der Waals surface area contributed by atoms with Gasteiger partial charge in [0.25, 0.3) is 11.6 Å². The Labute approximate surface area is 152 Å². The van der Waals surface area contributed by atoms with Crippen LogP contribution in [0.5, 0.6) is 0 Å². The maximum atomic E-state index is 12.5. The van der Waals surface area contributed by atoms with Crippen molar-refractivity contribution in [1.82, 2.24) is 5.32 Å². The molecule has 2 rings (SSSR count). The van der Waals surface area contributed by atoms with E-state index in [4.69, 9.17) is 0 Å². The van der Waals surface area contributed by atoms with Gasteiger partial charge in [0, 0.05) is 17.9 Å². The summed E-state index contributed by atoms with van der Waals surface area (Å²) in [6, 6.07) is 10.8. The number of nitrogens with one attached hydrogen (secondary N) is 1. The smallest absolute Gasteiger partial charge is 0.288 e. The van der Waals surface area contributed by atoms with Crippen LogP contribution in [0, 0.1) is 17.0 Å². The van der Waals surface area contributed by atoms with Crippen molar-refractivity contribution in [2.45, 2.75) is 31.2 Å². The lowest BCUT2D eigenvalue weighted by Crippen LogP contribution is -2.28. The molecule has 0 heterocycles. The van der Waals surface area contributed by atoms with Crippen LogP contribution in [0.2, 0.25) is 0 Å². The van der Waals surface area contributed by atoms with E-state index in [1.807, 2.05) is 38.1 Å². The van der Waals surface area contributed by atoms with Gasteiger partial charge in [-0.3, -0.25) is 14.9 Å². The second-order valence-corrected chi connectivity index (χ2v) is 8.04. The van der Waals surface area contributed by atoms with Crippen LogP contribution in [-0.2, 0) is 9.84 Å². The predicted molar refractivity (Wildman–Crippen MR) is 97.9 cm³/mol. The highest BCUT2D eigenvalue weighted by Gasteiger charge is 2.24. The quantitative estimate of drug-likeness (QED) is 0.615. The second kappa shape index (κ2) is 7.65. The van der Waals surface area contributed by atoms with Crippen molar-refractivity contribution in [3.05, 3.63) is 69.3 Å². The van der Waals surface area contributed by atoms with Crippen molar-refractivity contribution >= 4 is 21.4 Å². The number of nitro benzene ring substituents is 1. The number of hydrogen-bond acceptors (Lipinski definition) is 5. The highest BCUT2D eigenvalue weighted by atomic mass is 32.2. The van der Waals surface area contributed by atoms with E-state index in [2.05, 4.69) is 5.32 Å². The molecular weight excluding hydrogens is 356 g/mol. The molecule has 0 bridgehead atoms. The highest BCUT2D eigenvalue weighted by molar-refractivity contribution is 7.90. The number of benzene rings is 2. The molecule has 1 N–H and O–H groups in total. The first-order chi connectivity index (χ1) is 12.1. The topological polar surface area (TPSA) is 106 Å². The van der Waals surface area contributed by atoms with E-state index in [0.717, 1.165) is 29.5 Å². The van der Waals surface area contributed by atoms with Gasteiger partial charge in [0.15, 0.2) is 9.84 Å². The third kappa shape index (κ3) is 4.45. The Morgan fingerprint density at radius 1 is 1.19 bits per heavy atom. The molecule has 0 radical (unpaired) electrons. The summed E-state index contributed by atoms with van der Waals surface area (Å²) < 4.78 is 23.3. The number of amides is 1. The minimum Gasteiger partial charge on any atom is -0.345 e. The maximum Gasteiger partial charge on any atom is 0.288 e. The van der Waals surface area contributed by atoms with E-state index < -0.39 is 31.3 Å². The molecule has 138 valence electrons. The molecule has 1 atom stereocenters. The van der Waals surface area contributed by atoms with E-state index in [1.54, 1.807) is 0 Å². The van der Waals surface area contributed by atoms with Crippen molar-refractivity contribution in [3.8, 4) is 0 Å². The molecule has 0 aliphatic carbocycles. The summed E-state index contributed by atoms with van der Waals surface area (Å²) in [5.74, 6) is -0.499. The second-order valence-electron chi connectivity index (χ2n) is 6.06. The van der Waals surface area contributed by atoms with Gasteiger partial charge in [-0.1, -0.05) is 36.8 Å². The summed E-state index contributed by atoms with van der Waals surface area (Å²) in [6.07, 6.45) is 1.53. The third-order valence-electron chi connectivity index (χ3n) is 4.01. The number of aryl methyl sites for hydroxylation is 1. The summed E-state index contributed by atoms with van der Waals surface area (Å²) in [6.45, 7) is 3.88. The van der Waals surface area contributed by atoms with Gasteiger partial charge in [0.2, 0.25) is 0 Å². The van der Waals surface area contributed by atoms with Crippen molar-refractivity contribution in [2.75, 3.05) is 6.26 Å². The molecule has 8 heteroatoms. The van der Waals surface area contributed by atoms with Gasteiger partial charge in [0.05, 0.1) is 11.0 Å². The summed E-state index contributed by atoms with van der Waals surface area (Å²) in [7, 11) is -3.77. The predicted octanol–water partition coefficient (Wildman–Crippen LogP) is 3.19. The lowest BCUT2D eigenvalue weighted by Gasteiger charge is -2.18. The first-order valence-corrected chi connectivity index (χ1v) is 9.88. The van der Waals surface area contributed by atoms with Gasteiger partial charge < -0.3 is 5.32 Å². The first-order valence-electron chi connectivity index (χ1n) is 7.99. The molecule has 26 heavy (non-hydrogen) atoms. The Balaban J connectivity index is 2.32. The maximum absolute atomic E-state index is 12.5. The fourth-order valence-corrected chi connectivity index (χ4v) is 3.40. The summed E-state index contributed by atoms with van der Waals surface area (Å²) >= 11 is 0. The van der Waals surface area contributed by atoms with Crippen LogP contribution in [0.25, 0.3) is 0 Å². The molecule has 1 amide bonds. The van der Waals surface area contributed by atoms with E-state index in [-0.39, 0.29) is 11.6 Å². The largest absolute Gasteiger partial charge is 0.345 e. The van der Waals surface area contributed by atoms with Gasteiger partial charge >= 0.3 is 0 Å². The van der Waals surface area contributed by atoms with Gasteiger partial charge in [-0.25, -0.2) is 8.42 Å². The van der Waals surface area contributed by atoms with E-state index in [0.29, 0.717) is 6.42 Å². The van der Waals surface area contributed by atoms with Gasteiger partial charge in [-0.05, 0) is 31.0 Å². The van der Waals surface area contributed by atoms with Gasteiger partial charge in [-0.2, -0.15) is 0 Å². The molecule has 1 unspecified atom stereocenters. The Morgan fingerprint density at radius 3 is 2.31 bits per heavy atom. The van der Waals surface area contributed by atoms with E-state index in [9.17, 15) is 23.3 Å². The zero-order valence-corrected chi connectivity index (χ0v) is 15.5. The first kappa shape index (κ1) is 19.6. The Morgan fingerprint density at radius 2 is 1.81 bits per heavy atom. The summed E-state index contributed by atoms with van der Waals surface area (Å²) in [5.41, 5.74) is 1.45. The molecule has 0 aromatic heterocycles.